The summed E-state index contributed by atoms with van der Waals surface area (Å²) in [6.07, 6.45) is 8.91. The fourth-order valence-electron chi connectivity index (χ4n) is 4.45. The van der Waals surface area contributed by atoms with Crippen LogP contribution in [0.25, 0.3) is 0 Å². The minimum absolute atomic E-state index is 0.0957. The van der Waals surface area contributed by atoms with Gasteiger partial charge in [0, 0.05) is 19.1 Å². The number of primary amides is 1. The molecule has 1 spiro atoms. The molecular weight excluding hydrogens is 240 g/mol. The Bertz CT molecular complexity index is 333. The Balaban J connectivity index is 1.73. The number of rotatable bonds is 3. The molecule has 4 heteroatoms. The minimum atomic E-state index is -0.145. The fourth-order valence-corrected chi connectivity index (χ4v) is 4.45. The normalized spacial score (nSPS) is 40.0. The second kappa shape index (κ2) is 5.41. The average molecular weight is 266 g/mol. The Morgan fingerprint density at radius 2 is 2.05 bits per heavy atom. The molecule has 3 rings (SSSR count). The zero-order valence-electron chi connectivity index (χ0n) is 11.8. The largest absolute Gasteiger partial charge is 0.373 e. The highest BCUT2D eigenvalue weighted by molar-refractivity contribution is 5.74. The summed E-state index contributed by atoms with van der Waals surface area (Å²) in [6, 6.07) is 0.524. The van der Waals surface area contributed by atoms with E-state index in [1.54, 1.807) is 0 Å². The van der Waals surface area contributed by atoms with Crippen LogP contribution in [0.2, 0.25) is 0 Å². The number of nitrogens with zero attached hydrogens (tertiary/aromatic N) is 1. The maximum Gasteiger partial charge on any atom is 0.217 e. The highest BCUT2D eigenvalue weighted by Gasteiger charge is 2.49. The number of likely N-dealkylation sites (tertiary alicyclic amines) is 1. The number of carbonyl (C=O) groups is 1. The number of carbonyl (C=O) groups excluding carboxylic acids is 1. The molecule has 0 bridgehead atoms. The molecular formula is C15H26N2O2. The van der Waals surface area contributed by atoms with Crippen LogP contribution in [-0.4, -0.2) is 42.1 Å². The molecule has 1 saturated carbocycles. The fraction of sp³-hybridized carbons (Fsp3) is 0.933. The van der Waals surface area contributed by atoms with Crippen LogP contribution in [0, 0.1) is 5.92 Å². The molecule has 1 aliphatic carbocycles. The van der Waals surface area contributed by atoms with Crippen LogP contribution in [0.1, 0.15) is 51.4 Å². The molecule has 2 N–H and O–H groups in total. The molecule has 0 aromatic carbocycles. The predicted molar refractivity (Wildman–Crippen MR) is 73.7 cm³/mol. The van der Waals surface area contributed by atoms with Gasteiger partial charge in [-0.15, -0.1) is 0 Å². The molecule has 19 heavy (non-hydrogen) atoms. The smallest absolute Gasteiger partial charge is 0.217 e. The zero-order chi connectivity index (χ0) is 13.3. The summed E-state index contributed by atoms with van der Waals surface area (Å²) in [4.78, 5) is 13.8. The summed E-state index contributed by atoms with van der Waals surface area (Å²) in [5, 5.41) is 0. The van der Waals surface area contributed by atoms with Crippen LogP contribution in [0.5, 0.6) is 0 Å². The van der Waals surface area contributed by atoms with Crippen molar-refractivity contribution in [3.63, 3.8) is 0 Å². The molecule has 2 saturated heterocycles. The summed E-state index contributed by atoms with van der Waals surface area (Å²) in [5.74, 6) is 0.325. The Hall–Kier alpha value is -0.610. The van der Waals surface area contributed by atoms with Gasteiger partial charge in [0.15, 0.2) is 0 Å². The van der Waals surface area contributed by atoms with Crippen molar-refractivity contribution in [3.05, 3.63) is 0 Å². The summed E-state index contributed by atoms with van der Waals surface area (Å²) >= 11 is 0. The molecule has 3 aliphatic rings. The quantitative estimate of drug-likeness (QED) is 0.845. The molecule has 3 fully saturated rings. The van der Waals surface area contributed by atoms with Crippen LogP contribution in [0.15, 0.2) is 0 Å². The van der Waals surface area contributed by atoms with Gasteiger partial charge in [-0.2, -0.15) is 0 Å². The van der Waals surface area contributed by atoms with E-state index in [4.69, 9.17) is 10.5 Å². The zero-order valence-corrected chi connectivity index (χ0v) is 11.8. The first-order chi connectivity index (χ1) is 9.20. The maximum atomic E-state index is 11.2. The average Bonchev–Trinajstić information content (AvgIpc) is 3.04. The monoisotopic (exact) mass is 266 g/mol. The van der Waals surface area contributed by atoms with Crippen LogP contribution >= 0.6 is 0 Å². The molecule has 2 aliphatic heterocycles. The van der Waals surface area contributed by atoms with E-state index in [-0.39, 0.29) is 11.5 Å². The van der Waals surface area contributed by atoms with E-state index in [0.717, 1.165) is 25.9 Å². The summed E-state index contributed by atoms with van der Waals surface area (Å²) in [5.41, 5.74) is 5.48. The SMILES string of the molecule is NC(=O)CC1CCC2(CCCO2)C(N2CCCC2)C1. The highest BCUT2D eigenvalue weighted by atomic mass is 16.5. The highest BCUT2D eigenvalue weighted by Crippen LogP contribution is 2.45. The van der Waals surface area contributed by atoms with Gasteiger partial charge < -0.3 is 10.5 Å². The minimum Gasteiger partial charge on any atom is -0.373 e. The second-order valence-electron chi connectivity index (χ2n) is 6.59. The first-order valence-corrected chi connectivity index (χ1v) is 7.86. The molecule has 3 atom stereocenters. The van der Waals surface area contributed by atoms with Crippen molar-refractivity contribution >= 4 is 5.91 Å². The van der Waals surface area contributed by atoms with Crippen molar-refractivity contribution < 1.29 is 9.53 Å². The van der Waals surface area contributed by atoms with Gasteiger partial charge in [0.1, 0.15) is 0 Å². The third-order valence-electron chi connectivity index (χ3n) is 5.34. The van der Waals surface area contributed by atoms with E-state index < -0.39 is 0 Å². The van der Waals surface area contributed by atoms with Crippen molar-refractivity contribution in [2.75, 3.05) is 19.7 Å². The van der Waals surface area contributed by atoms with Crippen molar-refractivity contribution in [1.82, 2.24) is 4.90 Å². The van der Waals surface area contributed by atoms with Gasteiger partial charge >= 0.3 is 0 Å². The van der Waals surface area contributed by atoms with E-state index in [1.165, 1.54) is 38.8 Å². The summed E-state index contributed by atoms with van der Waals surface area (Å²) < 4.78 is 6.20. The lowest BCUT2D eigenvalue weighted by molar-refractivity contribution is -0.122. The van der Waals surface area contributed by atoms with Crippen molar-refractivity contribution in [2.45, 2.75) is 63.0 Å². The topological polar surface area (TPSA) is 55.6 Å². The summed E-state index contributed by atoms with van der Waals surface area (Å²) in [6.45, 7) is 3.34. The molecule has 2 heterocycles. The number of ether oxygens (including phenoxy) is 1. The van der Waals surface area contributed by atoms with E-state index in [9.17, 15) is 4.79 Å². The molecule has 108 valence electrons. The number of hydrogen-bond acceptors (Lipinski definition) is 3. The van der Waals surface area contributed by atoms with E-state index in [0.29, 0.717) is 18.4 Å². The molecule has 4 nitrogen and oxygen atoms in total. The first-order valence-electron chi connectivity index (χ1n) is 7.86. The van der Waals surface area contributed by atoms with Crippen molar-refractivity contribution in [1.29, 1.82) is 0 Å². The van der Waals surface area contributed by atoms with Gasteiger partial charge in [-0.3, -0.25) is 9.69 Å². The number of amides is 1. The summed E-state index contributed by atoms with van der Waals surface area (Å²) in [7, 11) is 0. The molecule has 0 aromatic heterocycles. The van der Waals surface area contributed by atoms with Gasteiger partial charge in [-0.1, -0.05) is 0 Å². The molecule has 3 unspecified atom stereocenters. The van der Waals surface area contributed by atoms with E-state index in [2.05, 4.69) is 4.90 Å². The predicted octanol–water partition coefficient (Wildman–Crippen LogP) is 1.68. The third kappa shape index (κ3) is 2.65. The Morgan fingerprint density at radius 1 is 1.26 bits per heavy atom. The molecule has 0 radical (unpaired) electrons. The van der Waals surface area contributed by atoms with Crippen LogP contribution in [0.4, 0.5) is 0 Å². The Labute approximate surface area is 115 Å². The first kappa shape index (κ1) is 13.4. The van der Waals surface area contributed by atoms with Gasteiger partial charge in [0.05, 0.1) is 5.60 Å². The van der Waals surface area contributed by atoms with Gasteiger partial charge in [0.25, 0.3) is 0 Å². The van der Waals surface area contributed by atoms with Crippen LogP contribution in [0.3, 0.4) is 0 Å². The van der Waals surface area contributed by atoms with E-state index in [1.807, 2.05) is 0 Å². The van der Waals surface area contributed by atoms with Gasteiger partial charge in [-0.25, -0.2) is 0 Å². The van der Waals surface area contributed by atoms with Gasteiger partial charge in [-0.05, 0) is 64.0 Å². The van der Waals surface area contributed by atoms with Crippen molar-refractivity contribution in [2.24, 2.45) is 11.7 Å². The van der Waals surface area contributed by atoms with Crippen LogP contribution < -0.4 is 5.73 Å². The van der Waals surface area contributed by atoms with Gasteiger partial charge in [0.2, 0.25) is 5.91 Å². The lowest BCUT2D eigenvalue weighted by Crippen LogP contribution is -2.55. The standard InChI is InChI=1S/C15H26N2O2/c16-14(18)11-12-4-6-15(5-3-9-19-15)13(10-12)17-7-1-2-8-17/h12-13H,1-11H2,(H2,16,18). The Kier molecular flexibility index (Phi) is 3.81. The second-order valence-corrected chi connectivity index (χ2v) is 6.59. The lowest BCUT2D eigenvalue weighted by Gasteiger charge is -2.47. The molecule has 1 amide bonds. The van der Waals surface area contributed by atoms with Crippen molar-refractivity contribution in [3.8, 4) is 0 Å². The maximum absolute atomic E-state index is 11.2. The Morgan fingerprint density at radius 3 is 2.68 bits per heavy atom. The number of nitrogens with two attached hydrogens (primary N) is 1. The third-order valence-corrected chi connectivity index (χ3v) is 5.34. The van der Waals surface area contributed by atoms with E-state index >= 15 is 0 Å². The van der Waals surface area contributed by atoms with Crippen LogP contribution in [-0.2, 0) is 9.53 Å². The lowest BCUT2D eigenvalue weighted by atomic mass is 9.72. The molecule has 0 aromatic rings. The number of hydrogen-bond donors (Lipinski definition) is 1.